The van der Waals surface area contributed by atoms with Crippen molar-refractivity contribution in [3.8, 4) is 0 Å². The molecule has 5 nitrogen and oxygen atoms in total. The molecule has 28 heavy (non-hydrogen) atoms. The van der Waals surface area contributed by atoms with E-state index in [4.69, 9.17) is 4.42 Å². The number of hydrogen-bond donors (Lipinski definition) is 2. The molecule has 0 bridgehead atoms. The molecule has 1 heterocycles. The monoisotopic (exact) mass is 500 g/mol. The lowest BCUT2D eigenvalue weighted by Gasteiger charge is -2.30. The molecule has 0 unspecified atom stereocenters. The van der Waals surface area contributed by atoms with Gasteiger partial charge in [-0.25, -0.2) is 14.4 Å². The minimum absolute atomic E-state index is 0. The molecule has 3 rings (SSSR count). The molecule has 2 aromatic rings. The second-order valence-corrected chi connectivity index (χ2v) is 7.29. The molecule has 1 aliphatic rings. The third kappa shape index (κ3) is 5.46. The maximum absolute atomic E-state index is 13.3. The van der Waals surface area contributed by atoms with Gasteiger partial charge in [0.1, 0.15) is 18.1 Å². The van der Waals surface area contributed by atoms with Crippen LogP contribution in [-0.2, 0) is 12.0 Å². The fraction of sp³-hybridized carbons (Fsp3) is 0.524. The van der Waals surface area contributed by atoms with Gasteiger partial charge in [-0.15, -0.1) is 24.0 Å². The van der Waals surface area contributed by atoms with Gasteiger partial charge < -0.3 is 15.1 Å². The van der Waals surface area contributed by atoms with Crippen molar-refractivity contribution in [1.29, 1.82) is 0 Å². The molecular weight excluding hydrogens is 470 g/mol. The van der Waals surface area contributed by atoms with E-state index in [-0.39, 0.29) is 35.2 Å². The van der Waals surface area contributed by atoms with Crippen LogP contribution in [-0.4, -0.2) is 24.0 Å². The van der Waals surface area contributed by atoms with Crippen molar-refractivity contribution in [3.05, 3.63) is 53.0 Å². The van der Waals surface area contributed by atoms with Crippen molar-refractivity contribution in [1.82, 2.24) is 15.6 Å². The summed E-state index contributed by atoms with van der Waals surface area (Å²) in [6, 6.07) is 6.96. The Kier molecular flexibility index (Phi) is 8.27. The SMILES string of the molecule is CCNC(=NCc1nc(C)c(C)o1)NCC1(c2ccc(F)cc2)CCCC1.I. The predicted octanol–water partition coefficient (Wildman–Crippen LogP) is 4.62. The molecule has 0 radical (unpaired) electrons. The highest BCUT2D eigenvalue weighted by Gasteiger charge is 2.35. The van der Waals surface area contributed by atoms with Gasteiger partial charge in [-0.05, 0) is 51.3 Å². The van der Waals surface area contributed by atoms with Gasteiger partial charge in [-0.1, -0.05) is 25.0 Å². The zero-order chi connectivity index (χ0) is 19.3. The average molecular weight is 500 g/mol. The van der Waals surface area contributed by atoms with Gasteiger partial charge in [0.2, 0.25) is 5.89 Å². The number of aromatic nitrogens is 1. The first kappa shape index (κ1) is 22.6. The third-order valence-electron chi connectivity index (χ3n) is 5.40. The zero-order valence-electron chi connectivity index (χ0n) is 16.8. The van der Waals surface area contributed by atoms with Gasteiger partial charge in [0, 0.05) is 18.5 Å². The molecule has 2 N–H and O–H groups in total. The molecule has 0 amide bonds. The number of aliphatic imine (C=N–C) groups is 1. The first-order chi connectivity index (χ1) is 13.0. The van der Waals surface area contributed by atoms with Gasteiger partial charge >= 0.3 is 0 Å². The first-order valence-electron chi connectivity index (χ1n) is 9.73. The predicted molar refractivity (Wildman–Crippen MR) is 121 cm³/mol. The van der Waals surface area contributed by atoms with Crippen LogP contribution in [0.25, 0.3) is 0 Å². The van der Waals surface area contributed by atoms with Crippen LogP contribution in [0.3, 0.4) is 0 Å². The van der Waals surface area contributed by atoms with E-state index in [1.54, 1.807) is 12.1 Å². The van der Waals surface area contributed by atoms with Crippen LogP contribution in [0.2, 0.25) is 0 Å². The molecule has 0 spiro atoms. The van der Waals surface area contributed by atoms with Crippen LogP contribution in [0.5, 0.6) is 0 Å². The Morgan fingerprint density at radius 3 is 2.43 bits per heavy atom. The van der Waals surface area contributed by atoms with Crippen molar-refractivity contribution in [2.75, 3.05) is 13.1 Å². The van der Waals surface area contributed by atoms with Crippen molar-refractivity contribution < 1.29 is 8.81 Å². The van der Waals surface area contributed by atoms with E-state index in [9.17, 15) is 4.39 Å². The summed E-state index contributed by atoms with van der Waals surface area (Å²) in [5.41, 5.74) is 2.13. The molecule has 0 atom stereocenters. The summed E-state index contributed by atoms with van der Waals surface area (Å²) in [7, 11) is 0. The maximum Gasteiger partial charge on any atom is 0.216 e. The minimum atomic E-state index is -0.189. The quantitative estimate of drug-likeness (QED) is 0.346. The lowest BCUT2D eigenvalue weighted by atomic mass is 9.79. The summed E-state index contributed by atoms with van der Waals surface area (Å²) in [4.78, 5) is 9.00. The first-order valence-corrected chi connectivity index (χ1v) is 9.73. The Hall–Kier alpha value is -1.64. The second kappa shape index (κ2) is 10.2. The topological polar surface area (TPSA) is 62.5 Å². The summed E-state index contributed by atoms with van der Waals surface area (Å²) in [6.07, 6.45) is 4.59. The summed E-state index contributed by atoms with van der Waals surface area (Å²) in [5, 5.41) is 6.77. The minimum Gasteiger partial charge on any atom is -0.444 e. The number of aryl methyl sites for hydroxylation is 2. The largest absolute Gasteiger partial charge is 0.444 e. The van der Waals surface area contributed by atoms with E-state index in [2.05, 4.69) is 20.6 Å². The average Bonchev–Trinajstić information content (AvgIpc) is 3.26. The van der Waals surface area contributed by atoms with Crippen LogP contribution in [0.15, 0.2) is 33.7 Å². The Bertz CT molecular complexity index is 763. The zero-order valence-corrected chi connectivity index (χ0v) is 19.2. The van der Waals surface area contributed by atoms with E-state index < -0.39 is 0 Å². The molecule has 7 heteroatoms. The van der Waals surface area contributed by atoms with Gasteiger partial charge in [0.15, 0.2) is 5.96 Å². The normalized spacial score (nSPS) is 15.9. The molecule has 1 fully saturated rings. The standard InChI is InChI=1S/C21H29FN4O.HI/c1-4-23-20(24-13-19-26-15(2)16(3)27-19)25-14-21(11-5-6-12-21)17-7-9-18(22)10-8-17;/h7-10H,4-6,11-14H2,1-3H3,(H2,23,24,25);1H. The fourth-order valence-corrected chi connectivity index (χ4v) is 3.77. The Labute approximate surface area is 183 Å². The molecule has 1 saturated carbocycles. The number of oxazole rings is 1. The molecule has 1 aromatic heterocycles. The molecule has 154 valence electrons. The Morgan fingerprint density at radius 2 is 1.86 bits per heavy atom. The number of hydrogen-bond acceptors (Lipinski definition) is 3. The van der Waals surface area contributed by atoms with E-state index in [0.29, 0.717) is 12.4 Å². The number of benzene rings is 1. The summed E-state index contributed by atoms with van der Waals surface area (Å²) >= 11 is 0. The second-order valence-electron chi connectivity index (χ2n) is 7.29. The van der Waals surface area contributed by atoms with Crippen molar-refractivity contribution in [2.24, 2.45) is 4.99 Å². The highest BCUT2D eigenvalue weighted by atomic mass is 127. The number of halogens is 2. The Balaban J connectivity index is 0.00000280. The van der Waals surface area contributed by atoms with E-state index in [0.717, 1.165) is 43.3 Å². The van der Waals surface area contributed by atoms with Crippen molar-refractivity contribution in [3.63, 3.8) is 0 Å². The lowest BCUT2D eigenvalue weighted by molar-refractivity contribution is 0.430. The molecular formula is C21H30FIN4O. The van der Waals surface area contributed by atoms with Crippen LogP contribution >= 0.6 is 24.0 Å². The highest BCUT2D eigenvalue weighted by molar-refractivity contribution is 14.0. The molecule has 1 aliphatic carbocycles. The number of nitrogens with one attached hydrogen (secondary N) is 2. The molecule has 0 aliphatic heterocycles. The number of rotatable bonds is 6. The van der Waals surface area contributed by atoms with Crippen LogP contribution in [0.4, 0.5) is 4.39 Å². The fourth-order valence-electron chi connectivity index (χ4n) is 3.77. The summed E-state index contributed by atoms with van der Waals surface area (Å²) in [5.74, 6) is 2.02. The van der Waals surface area contributed by atoms with Crippen molar-refractivity contribution >= 4 is 29.9 Å². The Morgan fingerprint density at radius 1 is 1.18 bits per heavy atom. The molecule has 1 aromatic carbocycles. The van der Waals surface area contributed by atoms with Gasteiger partial charge in [0.25, 0.3) is 0 Å². The van der Waals surface area contributed by atoms with Crippen LogP contribution < -0.4 is 10.6 Å². The summed E-state index contributed by atoms with van der Waals surface area (Å²) < 4.78 is 19.0. The van der Waals surface area contributed by atoms with Gasteiger partial charge in [-0.3, -0.25) is 0 Å². The van der Waals surface area contributed by atoms with Gasteiger partial charge in [-0.2, -0.15) is 0 Å². The lowest BCUT2D eigenvalue weighted by Crippen LogP contribution is -2.44. The highest BCUT2D eigenvalue weighted by Crippen LogP contribution is 2.40. The third-order valence-corrected chi connectivity index (χ3v) is 5.40. The smallest absolute Gasteiger partial charge is 0.216 e. The van der Waals surface area contributed by atoms with Crippen molar-refractivity contribution in [2.45, 2.75) is 58.4 Å². The molecule has 0 saturated heterocycles. The van der Waals surface area contributed by atoms with E-state index in [1.807, 2.05) is 32.9 Å². The summed E-state index contributed by atoms with van der Waals surface area (Å²) in [6.45, 7) is 7.83. The van der Waals surface area contributed by atoms with Gasteiger partial charge in [0.05, 0.1) is 5.69 Å². The van der Waals surface area contributed by atoms with Crippen LogP contribution in [0.1, 0.15) is 55.5 Å². The van der Waals surface area contributed by atoms with E-state index in [1.165, 1.54) is 18.4 Å². The van der Waals surface area contributed by atoms with Crippen LogP contribution in [0, 0.1) is 19.7 Å². The number of nitrogens with zero attached hydrogens (tertiary/aromatic N) is 2. The van der Waals surface area contributed by atoms with E-state index >= 15 is 0 Å². The number of guanidine groups is 1. The maximum atomic E-state index is 13.3.